The lowest BCUT2D eigenvalue weighted by Gasteiger charge is -2.27. The second-order valence-electron chi connectivity index (χ2n) is 7.98. The van der Waals surface area contributed by atoms with Crippen LogP contribution in [0.25, 0.3) is 0 Å². The fourth-order valence-corrected chi connectivity index (χ4v) is 5.13. The molecule has 0 aliphatic carbocycles. The third-order valence-electron chi connectivity index (χ3n) is 6.39. The lowest BCUT2D eigenvalue weighted by molar-refractivity contribution is -0.142. The summed E-state index contributed by atoms with van der Waals surface area (Å²) in [6, 6.07) is 7.75. The van der Waals surface area contributed by atoms with Gasteiger partial charge in [0.1, 0.15) is 11.4 Å². The molecule has 4 heterocycles. The Balaban J connectivity index is 1.39. The van der Waals surface area contributed by atoms with Crippen molar-refractivity contribution in [1.29, 1.82) is 0 Å². The molecule has 0 unspecified atom stereocenters. The van der Waals surface area contributed by atoms with Crippen molar-refractivity contribution in [1.82, 2.24) is 9.80 Å². The van der Waals surface area contributed by atoms with E-state index in [0.717, 1.165) is 37.2 Å². The Morgan fingerprint density at radius 2 is 2.15 bits per heavy atom. The molecule has 4 aliphatic heterocycles. The van der Waals surface area contributed by atoms with Gasteiger partial charge in [0.15, 0.2) is 0 Å². The maximum Gasteiger partial charge on any atom is 0.230 e. The molecule has 0 N–H and O–H groups in total. The molecule has 5 rings (SSSR count). The van der Waals surface area contributed by atoms with Crippen molar-refractivity contribution in [3.63, 3.8) is 0 Å². The molecular formula is C21H24N2O4. The first kappa shape index (κ1) is 16.8. The molecule has 0 radical (unpaired) electrons. The molecule has 1 aromatic carbocycles. The Morgan fingerprint density at radius 3 is 2.93 bits per heavy atom. The Hall–Kier alpha value is -2.34. The van der Waals surface area contributed by atoms with Crippen molar-refractivity contribution in [2.45, 2.75) is 31.1 Å². The first-order valence-electron chi connectivity index (χ1n) is 9.69. The van der Waals surface area contributed by atoms with Crippen molar-refractivity contribution < 1.29 is 19.1 Å². The molecule has 0 saturated carbocycles. The number of ether oxygens (including phenoxy) is 2. The molecule has 27 heavy (non-hydrogen) atoms. The molecule has 2 amide bonds. The van der Waals surface area contributed by atoms with Crippen LogP contribution in [0.4, 0.5) is 0 Å². The van der Waals surface area contributed by atoms with E-state index in [9.17, 15) is 9.59 Å². The van der Waals surface area contributed by atoms with Gasteiger partial charge in [-0.25, -0.2) is 0 Å². The molecule has 6 heteroatoms. The largest absolute Gasteiger partial charge is 0.497 e. The van der Waals surface area contributed by atoms with Crippen LogP contribution in [0.1, 0.15) is 18.4 Å². The van der Waals surface area contributed by atoms with Crippen LogP contribution in [0.5, 0.6) is 5.75 Å². The second-order valence-corrected chi connectivity index (χ2v) is 7.98. The van der Waals surface area contributed by atoms with Crippen LogP contribution < -0.4 is 4.74 Å². The minimum atomic E-state index is -0.638. The van der Waals surface area contributed by atoms with Crippen LogP contribution in [-0.2, 0) is 20.9 Å². The summed E-state index contributed by atoms with van der Waals surface area (Å²) < 4.78 is 11.5. The number of hydrogen-bond donors (Lipinski definition) is 0. The SMILES string of the molecule is COc1cccc(CN2C[C@]34C=C[C@H](O3)[C@@H](C(=O)N3CCCC3)[C@@H]4C2=O)c1. The quantitative estimate of drug-likeness (QED) is 0.758. The van der Waals surface area contributed by atoms with E-state index < -0.39 is 11.5 Å². The van der Waals surface area contributed by atoms with E-state index in [1.807, 2.05) is 46.2 Å². The molecule has 3 saturated heterocycles. The Bertz CT molecular complexity index is 816. The summed E-state index contributed by atoms with van der Waals surface area (Å²) in [6.07, 6.45) is 5.83. The molecular weight excluding hydrogens is 344 g/mol. The van der Waals surface area contributed by atoms with Gasteiger partial charge in [-0.2, -0.15) is 0 Å². The summed E-state index contributed by atoms with van der Waals surface area (Å²) >= 11 is 0. The third-order valence-corrected chi connectivity index (χ3v) is 6.39. The fraction of sp³-hybridized carbons (Fsp3) is 0.524. The van der Waals surface area contributed by atoms with Gasteiger partial charge >= 0.3 is 0 Å². The smallest absolute Gasteiger partial charge is 0.230 e. The molecule has 1 aromatic rings. The summed E-state index contributed by atoms with van der Waals surface area (Å²) in [4.78, 5) is 30.1. The molecule has 2 bridgehead atoms. The molecule has 1 spiro atoms. The number of fused-ring (bicyclic) bond motifs is 1. The average Bonchev–Trinajstić information content (AvgIpc) is 3.44. The van der Waals surface area contributed by atoms with E-state index in [-0.39, 0.29) is 23.8 Å². The van der Waals surface area contributed by atoms with Crippen molar-refractivity contribution in [2.24, 2.45) is 11.8 Å². The number of benzene rings is 1. The summed E-state index contributed by atoms with van der Waals surface area (Å²) in [6.45, 7) is 2.60. The van der Waals surface area contributed by atoms with E-state index in [4.69, 9.17) is 9.47 Å². The van der Waals surface area contributed by atoms with Gasteiger partial charge in [0.25, 0.3) is 0 Å². The van der Waals surface area contributed by atoms with Crippen LogP contribution >= 0.6 is 0 Å². The molecule has 4 aliphatic rings. The van der Waals surface area contributed by atoms with E-state index in [1.54, 1.807) is 7.11 Å². The van der Waals surface area contributed by atoms with Gasteiger partial charge in [-0.05, 0) is 30.5 Å². The van der Waals surface area contributed by atoms with Crippen LogP contribution in [0, 0.1) is 11.8 Å². The number of carbonyl (C=O) groups is 2. The molecule has 4 atom stereocenters. The number of hydrogen-bond acceptors (Lipinski definition) is 4. The summed E-state index contributed by atoms with van der Waals surface area (Å²) in [7, 11) is 1.63. The highest BCUT2D eigenvalue weighted by Crippen LogP contribution is 2.52. The van der Waals surface area contributed by atoms with Crippen molar-refractivity contribution in [3.05, 3.63) is 42.0 Å². The van der Waals surface area contributed by atoms with Gasteiger partial charge in [0.2, 0.25) is 11.8 Å². The van der Waals surface area contributed by atoms with E-state index in [0.29, 0.717) is 13.1 Å². The number of nitrogens with zero attached hydrogens (tertiary/aromatic N) is 2. The van der Waals surface area contributed by atoms with Crippen LogP contribution in [0.3, 0.4) is 0 Å². The minimum Gasteiger partial charge on any atom is -0.497 e. The standard InChI is InChI=1S/C21H24N2O4/c1-26-15-6-4-5-14(11-15)12-23-13-21-8-7-16(27-21)17(18(21)20(23)25)19(24)22-9-2-3-10-22/h4-8,11,16-18H,2-3,9-10,12-13H2,1H3/t16-,17+,18+,21-/m0/s1. The van der Waals surface area contributed by atoms with Crippen LogP contribution in [0.2, 0.25) is 0 Å². The first-order valence-corrected chi connectivity index (χ1v) is 9.69. The highest BCUT2D eigenvalue weighted by Gasteiger charge is 2.67. The number of rotatable bonds is 4. The van der Waals surface area contributed by atoms with E-state index >= 15 is 0 Å². The highest BCUT2D eigenvalue weighted by molar-refractivity contribution is 5.93. The average molecular weight is 368 g/mol. The lowest BCUT2D eigenvalue weighted by Crippen LogP contribution is -2.45. The summed E-state index contributed by atoms with van der Waals surface area (Å²) in [5.41, 5.74) is 0.376. The summed E-state index contributed by atoms with van der Waals surface area (Å²) in [5, 5.41) is 0. The van der Waals surface area contributed by atoms with Gasteiger partial charge in [-0.15, -0.1) is 0 Å². The Kier molecular flexibility index (Phi) is 3.79. The fourth-order valence-electron chi connectivity index (χ4n) is 5.13. The van der Waals surface area contributed by atoms with Gasteiger partial charge in [-0.1, -0.05) is 24.3 Å². The normalized spacial score (nSPS) is 33.8. The molecule has 6 nitrogen and oxygen atoms in total. The second kappa shape index (κ2) is 6.09. The zero-order valence-electron chi connectivity index (χ0n) is 15.5. The van der Waals surface area contributed by atoms with E-state index in [2.05, 4.69) is 0 Å². The topological polar surface area (TPSA) is 59.1 Å². The number of methoxy groups -OCH3 is 1. The van der Waals surface area contributed by atoms with Gasteiger partial charge in [-0.3, -0.25) is 9.59 Å². The Labute approximate surface area is 158 Å². The van der Waals surface area contributed by atoms with Crippen molar-refractivity contribution >= 4 is 11.8 Å². The third kappa shape index (κ3) is 2.50. The van der Waals surface area contributed by atoms with Gasteiger partial charge < -0.3 is 19.3 Å². The summed E-state index contributed by atoms with van der Waals surface area (Å²) in [5.74, 6) is 0.117. The van der Waals surface area contributed by atoms with Gasteiger partial charge in [0, 0.05) is 19.6 Å². The number of carbonyl (C=O) groups excluding carboxylic acids is 2. The zero-order chi connectivity index (χ0) is 18.6. The molecule has 3 fully saturated rings. The maximum absolute atomic E-state index is 13.3. The van der Waals surface area contributed by atoms with Crippen LogP contribution in [0.15, 0.2) is 36.4 Å². The predicted octanol–water partition coefficient (Wildman–Crippen LogP) is 1.60. The van der Waals surface area contributed by atoms with Crippen molar-refractivity contribution in [2.75, 3.05) is 26.7 Å². The van der Waals surface area contributed by atoms with Crippen molar-refractivity contribution in [3.8, 4) is 5.75 Å². The zero-order valence-corrected chi connectivity index (χ0v) is 15.5. The van der Waals surface area contributed by atoms with Gasteiger partial charge in [0.05, 0.1) is 31.6 Å². The lowest BCUT2D eigenvalue weighted by atomic mass is 9.76. The predicted molar refractivity (Wildman–Crippen MR) is 97.9 cm³/mol. The number of likely N-dealkylation sites (tertiary alicyclic amines) is 2. The number of amides is 2. The molecule has 142 valence electrons. The Morgan fingerprint density at radius 1 is 1.33 bits per heavy atom. The maximum atomic E-state index is 13.3. The highest BCUT2D eigenvalue weighted by atomic mass is 16.5. The minimum absolute atomic E-state index is 0.0298. The van der Waals surface area contributed by atoms with E-state index in [1.165, 1.54) is 0 Å². The molecule has 0 aromatic heterocycles. The first-order chi connectivity index (χ1) is 13.1. The monoisotopic (exact) mass is 368 g/mol. The van der Waals surface area contributed by atoms with Crippen LogP contribution in [-0.4, -0.2) is 60.1 Å².